The van der Waals surface area contributed by atoms with E-state index in [1.54, 1.807) is 0 Å². The van der Waals surface area contributed by atoms with Crippen LogP contribution >= 0.6 is 0 Å². The Balaban J connectivity index is 1.36. The Hall–Kier alpha value is -1.58. The second-order valence-electron chi connectivity index (χ2n) is 6.81. The first kappa shape index (κ1) is 15.0. The minimum absolute atomic E-state index is 0.778. The molecule has 0 aromatic heterocycles. The van der Waals surface area contributed by atoms with Crippen LogP contribution in [-0.4, -0.2) is 55.2 Å². The molecule has 2 saturated heterocycles. The van der Waals surface area contributed by atoms with Gasteiger partial charge in [0.1, 0.15) is 12.4 Å². The standard InChI is InChI=1S/C20H26N2O/c1-2-9-19-17(6-1)7-3-10-20(19)23-15-14-21-11-5-13-22-12-4-8-18(22)16-21/h1-3,6-7,9-10,18H,4-5,8,11-16H2/t18-/m0/s1. The van der Waals surface area contributed by atoms with Crippen molar-refractivity contribution >= 4 is 10.8 Å². The van der Waals surface area contributed by atoms with Gasteiger partial charge in [0.15, 0.2) is 0 Å². The Labute approximate surface area is 138 Å². The fourth-order valence-electron chi connectivity index (χ4n) is 4.09. The van der Waals surface area contributed by atoms with Gasteiger partial charge >= 0.3 is 0 Å². The number of hydrogen-bond acceptors (Lipinski definition) is 3. The highest BCUT2D eigenvalue weighted by molar-refractivity contribution is 5.88. The molecule has 2 aliphatic heterocycles. The van der Waals surface area contributed by atoms with Crippen molar-refractivity contribution in [2.75, 3.05) is 39.3 Å². The smallest absolute Gasteiger partial charge is 0.127 e. The van der Waals surface area contributed by atoms with Crippen LogP contribution in [-0.2, 0) is 0 Å². The third kappa shape index (κ3) is 3.36. The molecular weight excluding hydrogens is 284 g/mol. The third-order valence-corrected chi connectivity index (χ3v) is 5.30. The van der Waals surface area contributed by atoms with E-state index in [4.69, 9.17) is 4.74 Å². The van der Waals surface area contributed by atoms with Crippen molar-refractivity contribution in [3.63, 3.8) is 0 Å². The molecule has 3 nitrogen and oxygen atoms in total. The molecule has 0 N–H and O–H groups in total. The highest BCUT2D eigenvalue weighted by Gasteiger charge is 2.28. The van der Waals surface area contributed by atoms with Gasteiger partial charge in [0.05, 0.1) is 0 Å². The summed E-state index contributed by atoms with van der Waals surface area (Å²) in [6, 6.07) is 15.6. The zero-order valence-electron chi connectivity index (χ0n) is 13.8. The van der Waals surface area contributed by atoms with Gasteiger partial charge in [-0.2, -0.15) is 0 Å². The minimum atomic E-state index is 0.778. The number of nitrogens with zero attached hydrogens (tertiary/aromatic N) is 2. The number of rotatable bonds is 4. The minimum Gasteiger partial charge on any atom is -0.492 e. The number of ether oxygens (including phenoxy) is 1. The Kier molecular flexibility index (Phi) is 4.49. The summed E-state index contributed by atoms with van der Waals surface area (Å²) in [6.45, 7) is 6.84. The van der Waals surface area contributed by atoms with E-state index in [-0.39, 0.29) is 0 Å². The molecule has 0 radical (unpaired) electrons. The summed E-state index contributed by atoms with van der Waals surface area (Å²) in [4.78, 5) is 5.28. The monoisotopic (exact) mass is 310 g/mol. The Morgan fingerprint density at radius 2 is 1.83 bits per heavy atom. The van der Waals surface area contributed by atoms with Gasteiger partial charge in [-0.3, -0.25) is 9.80 Å². The lowest BCUT2D eigenvalue weighted by Crippen LogP contribution is -2.38. The van der Waals surface area contributed by atoms with Crippen molar-refractivity contribution in [1.29, 1.82) is 0 Å². The number of benzene rings is 2. The van der Waals surface area contributed by atoms with Crippen LogP contribution < -0.4 is 4.74 Å². The van der Waals surface area contributed by atoms with Gasteiger partial charge < -0.3 is 4.74 Å². The molecule has 4 rings (SSSR count). The molecule has 2 heterocycles. The first-order valence-corrected chi connectivity index (χ1v) is 8.97. The third-order valence-electron chi connectivity index (χ3n) is 5.30. The molecule has 0 amide bonds. The molecule has 0 unspecified atom stereocenters. The van der Waals surface area contributed by atoms with E-state index in [1.807, 2.05) is 0 Å². The highest BCUT2D eigenvalue weighted by atomic mass is 16.5. The Morgan fingerprint density at radius 3 is 2.83 bits per heavy atom. The molecule has 2 aromatic carbocycles. The maximum atomic E-state index is 6.12. The number of fused-ring (bicyclic) bond motifs is 2. The highest BCUT2D eigenvalue weighted by Crippen LogP contribution is 2.25. The largest absolute Gasteiger partial charge is 0.492 e. The van der Waals surface area contributed by atoms with E-state index >= 15 is 0 Å². The van der Waals surface area contributed by atoms with Gasteiger partial charge in [-0.1, -0.05) is 36.4 Å². The van der Waals surface area contributed by atoms with Crippen LogP contribution in [0.15, 0.2) is 42.5 Å². The van der Waals surface area contributed by atoms with E-state index in [0.717, 1.165) is 24.9 Å². The first-order valence-electron chi connectivity index (χ1n) is 8.97. The van der Waals surface area contributed by atoms with Gasteiger partial charge in [0.25, 0.3) is 0 Å². The van der Waals surface area contributed by atoms with Crippen LogP contribution in [0.25, 0.3) is 10.8 Å². The zero-order chi connectivity index (χ0) is 15.5. The molecule has 0 saturated carbocycles. The van der Waals surface area contributed by atoms with E-state index in [0.29, 0.717) is 0 Å². The summed E-state index contributed by atoms with van der Waals surface area (Å²) < 4.78 is 6.12. The average molecular weight is 310 g/mol. The lowest BCUT2D eigenvalue weighted by Gasteiger charge is -2.25. The zero-order valence-corrected chi connectivity index (χ0v) is 13.8. The van der Waals surface area contributed by atoms with Crippen molar-refractivity contribution in [3.8, 4) is 5.75 Å². The molecule has 2 fully saturated rings. The van der Waals surface area contributed by atoms with Crippen LogP contribution in [0, 0.1) is 0 Å². The van der Waals surface area contributed by atoms with Crippen molar-refractivity contribution in [2.45, 2.75) is 25.3 Å². The summed E-state index contributed by atoms with van der Waals surface area (Å²) in [5.41, 5.74) is 0. The lowest BCUT2D eigenvalue weighted by atomic mass is 10.1. The van der Waals surface area contributed by atoms with Gasteiger partial charge in [-0.15, -0.1) is 0 Å². The normalized spacial score (nSPS) is 22.9. The fraction of sp³-hybridized carbons (Fsp3) is 0.500. The molecule has 0 aliphatic carbocycles. The first-order chi connectivity index (χ1) is 11.4. The second kappa shape index (κ2) is 6.90. The van der Waals surface area contributed by atoms with Gasteiger partial charge in [-0.05, 0) is 50.3 Å². The molecule has 1 atom stereocenters. The molecule has 122 valence electrons. The quantitative estimate of drug-likeness (QED) is 0.861. The van der Waals surface area contributed by atoms with Crippen LogP contribution in [0.1, 0.15) is 19.3 Å². The molecule has 0 spiro atoms. The summed E-state index contributed by atoms with van der Waals surface area (Å²) in [5.74, 6) is 1.01. The summed E-state index contributed by atoms with van der Waals surface area (Å²) in [6.07, 6.45) is 4.05. The predicted molar refractivity (Wildman–Crippen MR) is 95.1 cm³/mol. The maximum absolute atomic E-state index is 6.12. The molecular formula is C20H26N2O. The second-order valence-corrected chi connectivity index (χ2v) is 6.81. The average Bonchev–Trinajstić information content (AvgIpc) is 2.93. The Morgan fingerprint density at radius 1 is 0.957 bits per heavy atom. The SMILES string of the molecule is c1ccc2c(OCCN3CCCN4CCC[C@H]4C3)cccc2c1. The predicted octanol–water partition coefficient (Wildman–Crippen LogP) is 3.39. The summed E-state index contributed by atoms with van der Waals surface area (Å²) >= 11 is 0. The molecule has 0 bridgehead atoms. The van der Waals surface area contributed by atoms with Crippen LogP contribution in [0.3, 0.4) is 0 Å². The van der Waals surface area contributed by atoms with E-state index in [2.05, 4.69) is 52.3 Å². The van der Waals surface area contributed by atoms with E-state index in [1.165, 1.54) is 56.2 Å². The fourth-order valence-corrected chi connectivity index (χ4v) is 4.09. The van der Waals surface area contributed by atoms with Crippen molar-refractivity contribution in [2.24, 2.45) is 0 Å². The topological polar surface area (TPSA) is 15.7 Å². The summed E-state index contributed by atoms with van der Waals surface area (Å²) in [7, 11) is 0. The van der Waals surface area contributed by atoms with Gasteiger partial charge in [-0.25, -0.2) is 0 Å². The molecule has 3 heteroatoms. The van der Waals surface area contributed by atoms with Crippen LogP contribution in [0.4, 0.5) is 0 Å². The molecule has 23 heavy (non-hydrogen) atoms. The Bertz CT molecular complexity index is 652. The van der Waals surface area contributed by atoms with Crippen LogP contribution in [0.2, 0.25) is 0 Å². The summed E-state index contributed by atoms with van der Waals surface area (Å²) in [5, 5.41) is 2.47. The van der Waals surface area contributed by atoms with Crippen LogP contribution in [0.5, 0.6) is 5.75 Å². The maximum Gasteiger partial charge on any atom is 0.127 e. The van der Waals surface area contributed by atoms with E-state index < -0.39 is 0 Å². The molecule has 2 aliphatic rings. The van der Waals surface area contributed by atoms with E-state index in [9.17, 15) is 0 Å². The van der Waals surface area contributed by atoms with Gasteiger partial charge in [0.2, 0.25) is 0 Å². The van der Waals surface area contributed by atoms with Crippen molar-refractivity contribution in [1.82, 2.24) is 9.80 Å². The van der Waals surface area contributed by atoms with Crippen molar-refractivity contribution < 1.29 is 4.74 Å². The van der Waals surface area contributed by atoms with Crippen molar-refractivity contribution in [3.05, 3.63) is 42.5 Å². The molecule has 2 aromatic rings. The lowest BCUT2D eigenvalue weighted by molar-refractivity contribution is 0.189. The van der Waals surface area contributed by atoms with Gasteiger partial charge in [0, 0.05) is 24.5 Å². The number of hydrogen-bond donors (Lipinski definition) is 0.